The molecule has 1 aliphatic rings. The third-order valence-corrected chi connectivity index (χ3v) is 3.79. The van der Waals surface area contributed by atoms with Crippen LogP contribution in [-0.4, -0.2) is 24.0 Å². The summed E-state index contributed by atoms with van der Waals surface area (Å²) in [6.45, 7) is 2.81. The molecule has 0 saturated carbocycles. The lowest BCUT2D eigenvalue weighted by molar-refractivity contribution is 0.0711. The van der Waals surface area contributed by atoms with E-state index in [0.717, 1.165) is 17.0 Å². The molecule has 1 heterocycles. The van der Waals surface area contributed by atoms with Crippen molar-refractivity contribution >= 4 is 11.6 Å². The summed E-state index contributed by atoms with van der Waals surface area (Å²) in [5, 5.41) is 3.40. The smallest absolute Gasteiger partial charge is 0.258 e. The molecule has 0 saturated heterocycles. The van der Waals surface area contributed by atoms with Gasteiger partial charge in [-0.1, -0.05) is 30.2 Å². The standard InChI is InChI=1S/C19H18N2O2/c1-3-13-21-18(14-9-11-15(12-10-14)23-4-2)20-17-8-6-5-7-16(17)19(21)22/h1,5-12,18,20H,4,13H2,2H3. The number of rotatable bonds is 4. The minimum Gasteiger partial charge on any atom is -0.494 e. The number of terminal acetylenes is 1. The van der Waals surface area contributed by atoms with E-state index in [2.05, 4.69) is 11.2 Å². The summed E-state index contributed by atoms with van der Waals surface area (Å²) in [6, 6.07) is 15.2. The molecule has 2 aromatic rings. The highest BCUT2D eigenvalue weighted by atomic mass is 16.5. The summed E-state index contributed by atoms with van der Waals surface area (Å²) in [4.78, 5) is 14.4. The molecule has 0 bridgehead atoms. The Hall–Kier alpha value is -2.93. The quantitative estimate of drug-likeness (QED) is 0.881. The van der Waals surface area contributed by atoms with Crippen LogP contribution in [0, 0.1) is 12.3 Å². The van der Waals surface area contributed by atoms with Crippen LogP contribution in [0.5, 0.6) is 5.75 Å². The normalized spacial score (nSPS) is 16.3. The number of para-hydroxylation sites is 1. The van der Waals surface area contributed by atoms with Gasteiger partial charge in [0.2, 0.25) is 0 Å². The lowest BCUT2D eigenvalue weighted by atomic mass is 10.0. The zero-order valence-electron chi connectivity index (χ0n) is 13.0. The Bertz CT molecular complexity index is 747. The first kappa shape index (κ1) is 15.0. The van der Waals surface area contributed by atoms with Gasteiger partial charge in [0.05, 0.1) is 18.7 Å². The minimum absolute atomic E-state index is 0.0591. The van der Waals surface area contributed by atoms with Crippen molar-refractivity contribution in [2.45, 2.75) is 13.1 Å². The number of ether oxygens (including phenoxy) is 1. The lowest BCUT2D eigenvalue weighted by Crippen LogP contribution is -2.43. The van der Waals surface area contributed by atoms with Crippen molar-refractivity contribution in [1.29, 1.82) is 0 Å². The van der Waals surface area contributed by atoms with Crippen LogP contribution in [-0.2, 0) is 0 Å². The molecule has 1 aliphatic heterocycles. The van der Waals surface area contributed by atoms with Crippen molar-refractivity contribution in [2.24, 2.45) is 0 Å². The first-order chi connectivity index (χ1) is 11.2. The van der Waals surface area contributed by atoms with Crippen LogP contribution in [0.3, 0.4) is 0 Å². The molecular weight excluding hydrogens is 288 g/mol. The van der Waals surface area contributed by atoms with Gasteiger partial charge >= 0.3 is 0 Å². The Morgan fingerprint density at radius 1 is 1.22 bits per heavy atom. The largest absolute Gasteiger partial charge is 0.494 e. The van der Waals surface area contributed by atoms with Crippen molar-refractivity contribution in [3.8, 4) is 18.1 Å². The van der Waals surface area contributed by atoms with Gasteiger partial charge in [0.1, 0.15) is 11.9 Å². The topological polar surface area (TPSA) is 41.6 Å². The number of carbonyl (C=O) groups is 1. The van der Waals surface area contributed by atoms with Gasteiger partial charge in [-0.05, 0) is 36.8 Å². The summed E-state index contributed by atoms with van der Waals surface area (Å²) < 4.78 is 5.47. The average Bonchev–Trinajstić information content (AvgIpc) is 2.58. The molecular formula is C19H18N2O2. The first-order valence-electron chi connectivity index (χ1n) is 7.57. The SMILES string of the molecule is C#CCN1C(=O)c2ccccc2NC1c1ccc(OCC)cc1. The summed E-state index contributed by atoms with van der Waals surface area (Å²) in [5.41, 5.74) is 2.43. The highest BCUT2D eigenvalue weighted by molar-refractivity contribution is 6.01. The fourth-order valence-corrected chi connectivity index (χ4v) is 2.73. The summed E-state index contributed by atoms with van der Waals surface area (Å²) in [5.74, 6) is 3.32. The Balaban J connectivity index is 1.96. The Morgan fingerprint density at radius 3 is 2.65 bits per heavy atom. The van der Waals surface area contributed by atoms with Crippen LogP contribution in [0.4, 0.5) is 5.69 Å². The molecule has 3 rings (SSSR count). The summed E-state index contributed by atoms with van der Waals surface area (Å²) in [6.07, 6.45) is 5.17. The van der Waals surface area contributed by atoms with Crippen molar-refractivity contribution in [3.05, 3.63) is 59.7 Å². The molecule has 1 amide bonds. The van der Waals surface area contributed by atoms with Crippen molar-refractivity contribution in [1.82, 2.24) is 4.90 Å². The summed E-state index contributed by atoms with van der Waals surface area (Å²) >= 11 is 0. The summed E-state index contributed by atoms with van der Waals surface area (Å²) in [7, 11) is 0. The Kier molecular flexibility index (Phi) is 4.20. The van der Waals surface area contributed by atoms with Crippen molar-refractivity contribution in [2.75, 3.05) is 18.5 Å². The number of hydrogen-bond acceptors (Lipinski definition) is 3. The molecule has 4 nitrogen and oxygen atoms in total. The second-order valence-electron chi connectivity index (χ2n) is 5.23. The maximum Gasteiger partial charge on any atom is 0.258 e. The fourth-order valence-electron chi connectivity index (χ4n) is 2.73. The number of nitrogens with one attached hydrogen (secondary N) is 1. The van der Waals surface area contributed by atoms with E-state index in [1.807, 2.05) is 55.5 Å². The van der Waals surface area contributed by atoms with Crippen LogP contribution >= 0.6 is 0 Å². The molecule has 116 valence electrons. The molecule has 1 unspecified atom stereocenters. The monoisotopic (exact) mass is 306 g/mol. The Labute approximate surface area is 136 Å². The molecule has 2 aromatic carbocycles. The third kappa shape index (κ3) is 2.86. The number of hydrogen-bond donors (Lipinski definition) is 1. The number of amides is 1. The highest BCUT2D eigenvalue weighted by Gasteiger charge is 2.32. The lowest BCUT2D eigenvalue weighted by Gasteiger charge is -2.37. The maximum atomic E-state index is 12.7. The minimum atomic E-state index is -0.288. The van der Waals surface area contributed by atoms with Gasteiger partial charge < -0.3 is 15.0 Å². The van der Waals surface area contributed by atoms with Gasteiger partial charge in [-0.15, -0.1) is 6.42 Å². The number of benzene rings is 2. The highest BCUT2D eigenvalue weighted by Crippen LogP contribution is 2.33. The maximum absolute atomic E-state index is 12.7. The second kappa shape index (κ2) is 6.45. The number of carbonyl (C=O) groups excluding carboxylic acids is 1. The van der Waals surface area contributed by atoms with Gasteiger partial charge in [0.15, 0.2) is 0 Å². The van der Waals surface area contributed by atoms with Gasteiger partial charge in [0.25, 0.3) is 5.91 Å². The van der Waals surface area contributed by atoms with Gasteiger partial charge in [-0.25, -0.2) is 0 Å². The Morgan fingerprint density at radius 2 is 1.96 bits per heavy atom. The number of fused-ring (bicyclic) bond motifs is 1. The van der Waals surface area contributed by atoms with Gasteiger partial charge in [-0.2, -0.15) is 0 Å². The van der Waals surface area contributed by atoms with Crippen LogP contribution in [0.15, 0.2) is 48.5 Å². The molecule has 4 heteroatoms. The fraction of sp³-hybridized carbons (Fsp3) is 0.211. The number of nitrogens with zero attached hydrogens (tertiary/aromatic N) is 1. The van der Waals surface area contributed by atoms with Crippen molar-refractivity contribution < 1.29 is 9.53 Å². The van der Waals surface area contributed by atoms with Crippen LogP contribution in [0.25, 0.3) is 0 Å². The predicted octanol–water partition coefficient (Wildman–Crippen LogP) is 3.29. The zero-order chi connectivity index (χ0) is 16.2. The number of anilines is 1. The molecule has 0 fully saturated rings. The molecule has 23 heavy (non-hydrogen) atoms. The van der Waals surface area contributed by atoms with E-state index >= 15 is 0 Å². The average molecular weight is 306 g/mol. The first-order valence-corrected chi connectivity index (χ1v) is 7.57. The molecule has 0 radical (unpaired) electrons. The molecule has 1 N–H and O–H groups in total. The van der Waals surface area contributed by atoms with E-state index in [1.165, 1.54) is 0 Å². The molecule has 1 atom stereocenters. The van der Waals surface area contributed by atoms with E-state index in [4.69, 9.17) is 11.2 Å². The van der Waals surface area contributed by atoms with E-state index in [-0.39, 0.29) is 18.6 Å². The van der Waals surface area contributed by atoms with Crippen LogP contribution in [0.1, 0.15) is 29.0 Å². The van der Waals surface area contributed by atoms with Gasteiger partial charge in [0, 0.05) is 5.69 Å². The van der Waals surface area contributed by atoms with Gasteiger partial charge in [-0.3, -0.25) is 4.79 Å². The van der Waals surface area contributed by atoms with E-state index in [1.54, 1.807) is 4.90 Å². The van der Waals surface area contributed by atoms with Crippen LogP contribution in [0.2, 0.25) is 0 Å². The van der Waals surface area contributed by atoms with Crippen molar-refractivity contribution in [3.63, 3.8) is 0 Å². The third-order valence-electron chi connectivity index (χ3n) is 3.79. The van der Waals surface area contributed by atoms with Crippen LogP contribution < -0.4 is 10.1 Å². The molecule has 0 spiro atoms. The predicted molar refractivity (Wildman–Crippen MR) is 90.3 cm³/mol. The molecule has 0 aliphatic carbocycles. The van der Waals surface area contributed by atoms with E-state index in [9.17, 15) is 4.79 Å². The molecule has 0 aromatic heterocycles. The van der Waals surface area contributed by atoms with E-state index in [0.29, 0.717) is 12.2 Å². The zero-order valence-corrected chi connectivity index (χ0v) is 13.0. The van der Waals surface area contributed by atoms with E-state index < -0.39 is 0 Å². The second-order valence-corrected chi connectivity index (χ2v) is 5.23.